The minimum absolute atomic E-state index is 0.0799. The molecule has 25 heavy (non-hydrogen) atoms. The summed E-state index contributed by atoms with van der Waals surface area (Å²) in [7, 11) is 0. The highest BCUT2D eigenvalue weighted by molar-refractivity contribution is 6.01. The Morgan fingerprint density at radius 2 is 1.92 bits per heavy atom. The minimum atomic E-state index is -0.944. The van der Waals surface area contributed by atoms with Gasteiger partial charge in [-0.05, 0) is 36.2 Å². The predicted octanol–water partition coefficient (Wildman–Crippen LogP) is 1.91. The number of hydrogen-bond donors (Lipinski definition) is 3. The van der Waals surface area contributed by atoms with Gasteiger partial charge in [-0.3, -0.25) is 14.4 Å². The fourth-order valence-electron chi connectivity index (χ4n) is 2.17. The first kappa shape index (κ1) is 18.2. The van der Waals surface area contributed by atoms with Crippen LogP contribution >= 0.6 is 0 Å². The molecular weight excluding hydrogens is 329 g/mol. The molecule has 0 aliphatic rings. The molecule has 0 saturated carbocycles. The van der Waals surface area contributed by atoms with Crippen molar-refractivity contribution in [3.05, 3.63) is 53.7 Å². The van der Waals surface area contributed by atoms with E-state index >= 15 is 0 Å². The molecule has 2 rings (SSSR count). The van der Waals surface area contributed by atoms with Gasteiger partial charge >= 0.3 is 0 Å². The quantitative estimate of drug-likeness (QED) is 0.740. The van der Waals surface area contributed by atoms with Crippen LogP contribution in [0.1, 0.15) is 34.8 Å². The van der Waals surface area contributed by atoms with Gasteiger partial charge in [0, 0.05) is 5.69 Å². The summed E-state index contributed by atoms with van der Waals surface area (Å²) in [5, 5.41) is 5.11. The largest absolute Gasteiger partial charge is 0.459 e. The lowest BCUT2D eigenvalue weighted by Gasteiger charge is -2.21. The summed E-state index contributed by atoms with van der Waals surface area (Å²) in [5.74, 6) is -2.92. The molecule has 0 aliphatic heterocycles. The van der Waals surface area contributed by atoms with E-state index in [9.17, 15) is 18.8 Å². The minimum Gasteiger partial charge on any atom is -0.459 e. The van der Waals surface area contributed by atoms with Gasteiger partial charge in [-0.15, -0.1) is 0 Å². The number of anilines is 1. The Morgan fingerprint density at radius 3 is 2.48 bits per heavy atom. The van der Waals surface area contributed by atoms with Crippen LogP contribution in [-0.2, 0) is 4.79 Å². The highest BCUT2D eigenvalue weighted by atomic mass is 19.1. The van der Waals surface area contributed by atoms with Crippen LogP contribution in [0.25, 0.3) is 0 Å². The van der Waals surface area contributed by atoms with E-state index in [4.69, 9.17) is 10.2 Å². The number of hydrogen-bond acceptors (Lipinski definition) is 4. The number of nitrogens with two attached hydrogens (primary N) is 1. The zero-order chi connectivity index (χ0) is 18.6. The van der Waals surface area contributed by atoms with Crippen LogP contribution in [0.15, 0.2) is 41.0 Å². The van der Waals surface area contributed by atoms with E-state index in [-0.39, 0.29) is 22.9 Å². The van der Waals surface area contributed by atoms with E-state index in [1.54, 1.807) is 19.9 Å². The fraction of sp³-hybridized carbons (Fsp3) is 0.235. The van der Waals surface area contributed by atoms with E-state index in [0.29, 0.717) is 0 Å². The van der Waals surface area contributed by atoms with Crippen molar-refractivity contribution in [2.75, 3.05) is 5.32 Å². The Hall–Kier alpha value is -3.16. The molecule has 3 amide bonds. The van der Waals surface area contributed by atoms with Gasteiger partial charge in [-0.1, -0.05) is 13.8 Å². The number of amides is 3. The number of furan rings is 1. The molecule has 4 N–H and O–H groups in total. The summed E-state index contributed by atoms with van der Waals surface area (Å²) in [6.07, 6.45) is 1.35. The first-order valence-electron chi connectivity index (χ1n) is 7.54. The SMILES string of the molecule is CC(C)C(NC(=O)c1ccco1)C(=O)Nc1ccc(F)c(C(N)=O)c1. The second-order valence-corrected chi connectivity index (χ2v) is 5.72. The number of nitrogens with one attached hydrogen (secondary N) is 2. The second kappa shape index (κ2) is 7.61. The third-order valence-electron chi connectivity index (χ3n) is 3.48. The molecule has 7 nitrogen and oxygen atoms in total. The van der Waals surface area contributed by atoms with Crippen molar-refractivity contribution in [1.82, 2.24) is 5.32 Å². The van der Waals surface area contributed by atoms with Crippen molar-refractivity contribution in [1.29, 1.82) is 0 Å². The van der Waals surface area contributed by atoms with Crippen LogP contribution in [0.2, 0.25) is 0 Å². The highest BCUT2D eigenvalue weighted by Crippen LogP contribution is 2.16. The molecule has 2 aromatic rings. The first-order valence-corrected chi connectivity index (χ1v) is 7.54. The average Bonchev–Trinajstić information content (AvgIpc) is 3.08. The van der Waals surface area contributed by atoms with E-state index in [1.807, 2.05) is 0 Å². The molecule has 1 aromatic carbocycles. The summed E-state index contributed by atoms with van der Waals surface area (Å²) < 4.78 is 18.5. The molecule has 1 atom stereocenters. The van der Waals surface area contributed by atoms with Crippen LogP contribution < -0.4 is 16.4 Å². The monoisotopic (exact) mass is 347 g/mol. The summed E-state index contributed by atoms with van der Waals surface area (Å²) in [4.78, 5) is 35.7. The van der Waals surface area contributed by atoms with Crippen LogP contribution in [-0.4, -0.2) is 23.8 Å². The molecule has 0 aliphatic carbocycles. The number of carbonyl (C=O) groups is 3. The number of primary amides is 1. The van der Waals surface area contributed by atoms with Crippen molar-refractivity contribution in [2.24, 2.45) is 11.7 Å². The third kappa shape index (κ3) is 4.43. The lowest BCUT2D eigenvalue weighted by atomic mass is 10.0. The first-order chi connectivity index (χ1) is 11.8. The van der Waals surface area contributed by atoms with Crippen LogP contribution in [0.5, 0.6) is 0 Å². The van der Waals surface area contributed by atoms with E-state index in [2.05, 4.69) is 10.6 Å². The van der Waals surface area contributed by atoms with Gasteiger partial charge in [0.15, 0.2) is 5.76 Å². The van der Waals surface area contributed by atoms with Crippen molar-refractivity contribution >= 4 is 23.4 Å². The fourth-order valence-corrected chi connectivity index (χ4v) is 2.17. The van der Waals surface area contributed by atoms with Gasteiger partial charge in [0.2, 0.25) is 5.91 Å². The van der Waals surface area contributed by atoms with E-state index in [0.717, 1.165) is 12.1 Å². The third-order valence-corrected chi connectivity index (χ3v) is 3.48. The van der Waals surface area contributed by atoms with Crippen molar-refractivity contribution in [2.45, 2.75) is 19.9 Å². The average molecular weight is 347 g/mol. The van der Waals surface area contributed by atoms with Crippen molar-refractivity contribution < 1.29 is 23.2 Å². The maximum absolute atomic E-state index is 13.5. The Labute approximate surface area is 143 Å². The second-order valence-electron chi connectivity index (χ2n) is 5.72. The molecular formula is C17H18FN3O4. The van der Waals surface area contributed by atoms with Crippen LogP contribution in [0.4, 0.5) is 10.1 Å². The Morgan fingerprint density at radius 1 is 1.20 bits per heavy atom. The van der Waals surface area contributed by atoms with Crippen LogP contribution in [0.3, 0.4) is 0 Å². The standard InChI is InChI=1S/C17H18FN3O4/c1-9(2)14(21-16(23)13-4-3-7-25-13)17(24)20-10-5-6-12(18)11(8-10)15(19)22/h3-9,14H,1-2H3,(H2,19,22)(H,20,24)(H,21,23). The number of carbonyl (C=O) groups excluding carboxylic acids is 3. The zero-order valence-electron chi connectivity index (χ0n) is 13.7. The van der Waals surface area contributed by atoms with E-state index in [1.165, 1.54) is 18.4 Å². The molecule has 0 radical (unpaired) electrons. The summed E-state index contributed by atoms with van der Waals surface area (Å²) in [6, 6.07) is 5.64. The molecule has 0 spiro atoms. The zero-order valence-corrected chi connectivity index (χ0v) is 13.7. The summed E-state index contributed by atoms with van der Waals surface area (Å²) >= 11 is 0. The van der Waals surface area contributed by atoms with E-state index < -0.39 is 29.6 Å². The molecule has 1 unspecified atom stereocenters. The van der Waals surface area contributed by atoms with Gasteiger partial charge in [-0.2, -0.15) is 0 Å². The van der Waals surface area contributed by atoms with Crippen molar-refractivity contribution in [3.63, 3.8) is 0 Å². The van der Waals surface area contributed by atoms with Gasteiger partial charge in [0.1, 0.15) is 11.9 Å². The van der Waals surface area contributed by atoms with Gasteiger partial charge < -0.3 is 20.8 Å². The molecule has 0 bridgehead atoms. The summed E-state index contributed by atoms with van der Waals surface area (Å²) in [6.45, 7) is 3.51. The molecule has 8 heteroatoms. The highest BCUT2D eigenvalue weighted by Gasteiger charge is 2.26. The maximum Gasteiger partial charge on any atom is 0.287 e. The number of halogens is 1. The molecule has 1 heterocycles. The normalized spacial score (nSPS) is 11.8. The lowest BCUT2D eigenvalue weighted by molar-refractivity contribution is -0.118. The molecule has 1 aromatic heterocycles. The molecule has 0 saturated heterocycles. The smallest absolute Gasteiger partial charge is 0.287 e. The topological polar surface area (TPSA) is 114 Å². The van der Waals surface area contributed by atoms with Crippen LogP contribution in [0, 0.1) is 11.7 Å². The van der Waals surface area contributed by atoms with Gasteiger partial charge in [0.25, 0.3) is 11.8 Å². The molecule has 0 fully saturated rings. The predicted molar refractivity (Wildman–Crippen MR) is 88.3 cm³/mol. The number of benzene rings is 1. The maximum atomic E-state index is 13.5. The lowest BCUT2D eigenvalue weighted by Crippen LogP contribution is -2.47. The van der Waals surface area contributed by atoms with Crippen molar-refractivity contribution in [3.8, 4) is 0 Å². The molecule has 132 valence electrons. The number of rotatable bonds is 6. The Kier molecular flexibility index (Phi) is 5.53. The Balaban J connectivity index is 2.14. The van der Waals surface area contributed by atoms with Gasteiger partial charge in [-0.25, -0.2) is 4.39 Å². The Bertz CT molecular complexity index is 787. The van der Waals surface area contributed by atoms with Gasteiger partial charge in [0.05, 0.1) is 11.8 Å². The summed E-state index contributed by atoms with van der Waals surface area (Å²) in [5.41, 5.74) is 4.94.